The van der Waals surface area contributed by atoms with Crippen LogP contribution in [-0.2, 0) is 4.79 Å². The maximum atomic E-state index is 12.6. The topological polar surface area (TPSA) is 20.3 Å². The van der Waals surface area contributed by atoms with Crippen LogP contribution in [0, 0.1) is 5.92 Å². The Morgan fingerprint density at radius 3 is 1.72 bits per heavy atom. The normalized spacial score (nSPS) is 16.2. The predicted molar refractivity (Wildman–Crippen MR) is 90.1 cm³/mol. The zero-order valence-corrected chi connectivity index (χ0v) is 13.7. The Labute approximate surface area is 145 Å². The first kappa shape index (κ1) is 17.5. The fourth-order valence-corrected chi connectivity index (χ4v) is 3.67. The van der Waals surface area contributed by atoms with E-state index in [0.717, 1.165) is 16.0 Å². The highest BCUT2D eigenvalue weighted by molar-refractivity contribution is 5.81. The largest absolute Gasteiger partial charge is 0.471 e. The average molecular weight is 347 g/mol. The lowest BCUT2D eigenvalue weighted by atomic mass is 9.76. The molecule has 1 saturated heterocycles. The van der Waals surface area contributed by atoms with Crippen molar-refractivity contribution in [2.45, 2.75) is 24.9 Å². The summed E-state index contributed by atoms with van der Waals surface area (Å²) in [6.45, 7) is 0.304. The smallest absolute Gasteiger partial charge is 0.335 e. The first-order valence-corrected chi connectivity index (χ1v) is 8.43. The Morgan fingerprint density at radius 2 is 1.32 bits per heavy atom. The number of amides is 1. The Balaban J connectivity index is 1.79. The fraction of sp³-hybridized carbons (Fsp3) is 0.350. The maximum Gasteiger partial charge on any atom is 0.471 e. The van der Waals surface area contributed by atoms with Crippen molar-refractivity contribution < 1.29 is 18.0 Å². The summed E-state index contributed by atoms with van der Waals surface area (Å²) in [5.74, 6) is -1.38. The molecule has 0 atom stereocenters. The monoisotopic (exact) mass is 347 g/mol. The molecule has 0 saturated carbocycles. The minimum atomic E-state index is -4.79. The molecule has 0 unspecified atom stereocenters. The Kier molecular flexibility index (Phi) is 5.11. The third-order valence-electron chi connectivity index (χ3n) is 4.86. The van der Waals surface area contributed by atoms with Crippen molar-refractivity contribution in [2.75, 3.05) is 13.1 Å². The molecule has 132 valence electrons. The van der Waals surface area contributed by atoms with Crippen molar-refractivity contribution >= 4 is 5.91 Å². The van der Waals surface area contributed by atoms with E-state index in [2.05, 4.69) is 24.3 Å². The molecule has 0 N–H and O–H groups in total. The van der Waals surface area contributed by atoms with Gasteiger partial charge in [0.1, 0.15) is 0 Å². The molecule has 25 heavy (non-hydrogen) atoms. The number of rotatable bonds is 3. The molecule has 1 heterocycles. The third kappa shape index (κ3) is 4.03. The molecule has 2 aromatic rings. The molecule has 0 aromatic heterocycles. The van der Waals surface area contributed by atoms with Gasteiger partial charge in [-0.05, 0) is 29.9 Å². The van der Waals surface area contributed by atoms with Crippen LogP contribution in [0.3, 0.4) is 0 Å². The van der Waals surface area contributed by atoms with Crippen molar-refractivity contribution in [3.8, 4) is 0 Å². The van der Waals surface area contributed by atoms with E-state index in [9.17, 15) is 18.0 Å². The van der Waals surface area contributed by atoms with Crippen LogP contribution in [0.25, 0.3) is 0 Å². The van der Waals surface area contributed by atoms with Gasteiger partial charge in [-0.3, -0.25) is 4.79 Å². The van der Waals surface area contributed by atoms with E-state index in [1.165, 1.54) is 0 Å². The van der Waals surface area contributed by atoms with E-state index < -0.39 is 12.1 Å². The highest BCUT2D eigenvalue weighted by atomic mass is 19.4. The molecule has 1 aliphatic rings. The lowest BCUT2D eigenvalue weighted by molar-refractivity contribution is -0.186. The standard InChI is InChI=1S/C20H20F3NO/c21-20(22,23)19(25)24-13-11-17(12-14-24)18(15-7-3-1-4-8-15)16-9-5-2-6-10-16/h1-10,17-18H,11-14H2. The van der Waals surface area contributed by atoms with E-state index >= 15 is 0 Å². The third-order valence-corrected chi connectivity index (χ3v) is 4.86. The molecule has 3 rings (SSSR count). The van der Waals surface area contributed by atoms with Gasteiger partial charge in [0.25, 0.3) is 0 Å². The second kappa shape index (κ2) is 7.30. The molecule has 1 aliphatic heterocycles. The highest BCUT2D eigenvalue weighted by Gasteiger charge is 2.43. The molecule has 1 amide bonds. The molecule has 5 heteroatoms. The van der Waals surface area contributed by atoms with Gasteiger partial charge >= 0.3 is 12.1 Å². The van der Waals surface area contributed by atoms with Crippen LogP contribution in [0.1, 0.15) is 29.9 Å². The summed E-state index contributed by atoms with van der Waals surface area (Å²) in [6.07, 6.45) is -3.66. The predicted octanol–water partition coefficient (Wildman–Crippen LogP) is 4.62. The molecule has 2 aromatic carbocycles. The molecule has 0 bridgehead atoms. The van der Waals surface area contributed by atoms with E-state index in [4.69, 9.17) is 0 Å². The zero-order valence-electron chi connectivity index (χ0n) is 13.7. The van der Waals surface area contributed by atoms with E-state index in [-0.39, 0.29) is 24.9 Å². The number of alkyl halides is 3. The van der Waals surface area contributed by atoms with Gasteiger partial charge in [-0.2, -0.15) is 13.2 Å². The lowest BCUT2D eigenvalue weighted by Gasteiger charge is -2.36. The number of nitrogens with zero attached hydrogens (tertiary/aromatic N) is 1. The summed E-state index contributed by atoms with van der Waals surface area (Å²) in [6, 6.07) is 20.1. The number of hydrogen-bond acceptors (Lipinski definition) is 1. The number of likely N-dealkylation sites (tertiary alicyclic amines) is 1. The SMILES string of the molecule is O=C(N1CCC(C(c2ccccc2)c2ccccc2)CC1)C(F)(F)F. The first-order chi connectivity index (χ1) is 12.0. The number of halogens is 3. The van der Waals surface area contributed by atoms with Crippen LogP contribution in [-0.4, -0.2) is 30.1 Å². The molecular weight excluding hydrogens is 327 g/mol. The second-order valence-corrected chi connectivity index (χ2v) is 6.43. The molecule has 0 radical (unpaired) electrons. The van der Waals surface area contributed by atoms with Crippen LogP contribution in [0.15, 0.2) is 60.7 Å². The summed E-state index contributed by atoms with van der Waals surface area (Å²) >= 11 is 0. The lowest BCUT2D eigenvalue weighted by Crippen LogP contribution is -2.46. The Bertz CT molecular complexity index is 652. The van der Waals surface area contributed by atoms with E-state index in [0.29, 0.717) is 12.8 Å². The van der Waals surface area contributed by atoms with E-state index in [1.807, 2.05) is 36.4 Å². The van der Waals surface area contributed by atoms with Crippen molar-refractivity contribution in [1.29, 1.82) is 0 Å². The molecule has 0 aliphatic carbocycles. The molecular formula is C20H20F3NO. The van der Waals surface area contributed by atoms with Gasteiger partial charge in [-0.25, -0.2) is 0 Å². The molecule has 0 spiro atoms. The number of piperidine rings is 1. The van der Waals surface area contributed by atoms with Crippen LogP contribution in [0.4, 0.5) is 13.2 Å². The minimum Gasteiger partial charge on any atom is -0.335 e. The molecule has 2 nitrogen and oxygen atoms in total. The zero-order chi connectivity index (χ0) is 17.9. The van der Waals surface area contributed by atoms with Gasteiger partial charge in [0, 0.05) is 19.0 Å². The van der Waals surface area contributed by atoms with Crippen LogP contribution in [0.5, 0.6) is 0 Å². The number of benzene rings is 2. The van der Waals surface area contributed by atoms with Gasteiger partial charge < -0.3 is 4.90 Å². The summed E-state index contributed by atoms with van der Waals surface area (Å²) in [5, 5.41) is 0. The Hall–Kier alpha value is -2.30. The van der Waals surface area contributed by atoms with Gasteiger partial charge in [-0.15, -0.1) is 0 Å². The highest BCUT2D eigenvalue weighted by Crippen LogP contribution is 2.38. The summed E-state index contributed by atoms with van der Waals surface area (Å²) in [7, 11) is 0. The van der Waals surface area contributed by atoms with Gasteiger partial charge in [-0.1, -0.05) is 60.7 Å². The summed E-state index contributed by atoms with van der Waals surface area (Å²) < 4.78 is 37.9. The van der Waals surface area contributed by atoms with Crippen LogP contribution >= 0.6 is 0 Å². The van der Waals surface area contributed by atoms with Crippen LogP contribution < -0.4 is 0 Å². The first-order valence-electron chi connectivity index (χ1n) is 8.43. The second-order valence-electron chi connectivity index (χ2n) is 6.43. The average Bonchev–Trinajstić information content (AvgIpc) is 2.63. The van der Waals surface area contributed by atoms with Crippen molar-refractivity contribution in [3.63, 3.8) is 0 Å². The van der Waals surface area contributed by atoms with Gasteiger partial charge in [0.2, 0.25) is 0 Å². The molecule has 1 fully saturated rings. The maximum absolute atomic E-state index is 12.6. The van der Waals surface area contributed by atoms with Crippen LogP contribution in [0.2, 0.25) is 0 Å². The summed E-state index contributed by atoms with van der Waals surface area (Å²) in [5.41, 5.74) is 2.32. The van der Waals surface area contributed by atoms with Gasteiger partial charge in [0.15, 0.2) is 0 Å². The number of hydrogen-bond donors (Lipinski definition) is 0. The van der Waals surface area contributed by atoms with Crippen molar-refractivity contribution in [2.24, 2.45) is 5.92 Å². The number of carbonyl (C=O) groups is 1. The fourth-order valence-electron chi connectivity index (χ4n) is 3.67. The number of carbonyl (C=O) groups excluding carboxylic acids is 1. The Morgan fingerprint density at radius 1 is 0.880 bits per heavy atom. The van der Waals surface area contributed by atoms with Crippen molar-refractivity contribution in [3.05, 3.63) is 71.8 Å². The van der Waals surface area contributed by atoms with Gasteiger partial charge in [0.05, 0.1) is 0 Å². The van der Waals surface area contributed by atoms with E-state index in [1.54, 1.807) is 0 Å². The minimum absolute atomic E-state index is 0.130. The quantitative estimate of drug-likeness (QED) is 0.793. The van der Waals surface area contributed by atoms with Crippen molar-refractivity contribution in [1.82, 2.24) is 4.90 Å². The summed E-state index contributed by atoms with van der Waals surface area (Å²) in [4.78, 5) is 12.4.